The largest absolute Gasteiger partial charge is 0.345 e. The van der Waals surface area contributed by atoms with E-state index in [0.29, 0.717) is 22.6 Å². The van der Waals surface area contributed by atoms with Gasteiger partial charge in [0.25, 0.3) is 17.7 Å². The van der Waals surface area contributed by atoms with E-state index in [1.807, 2.05) is 46.0 Å². The Morgan fingerprint density at radius 2 is 1.70 bits per heavy atom. The standard InChI is InChI=1S/C22H21N5O3/c1-12-5-6-13(2)18(9-12)27-21(29)16-8-7-15(10-17(16)22(27)30)20(28)23-11-19-25-24-14(3)26(19)4/h5-10H,11H2,1-4H3,(H,23,28). The number of carbonyl (C=O) groups is 3. The number of imide groups is 1. The van der Waals surface area contributed by atoms with Gasteiger partial charge in [-0.3, -0.25) is 14.4 Å². The third-order valence-corrected chi connectivity index (χ3v) is 5.34. The lowest BCUT2D eigenvalue weighted by atomic mass is 10.1. The summed E-state index contributed by atoms with van der Waals surface area (Å²) < 4.78 is 1.78. The van der Waals surface area contributed by atoms with E-state index >= 15 is 0 Å². The first kappa shape index (κ1) is 19.5. The number of benzene rings is 2. The van der Waals surface area contributed by atoms with Crippen LogP contribution in [0.15, 0.2) is 36.4 Å². The maximum absolute atomic E-state index is 13.0. The van der Waals surface area contributed by atoms with E-state index in [4.69, 9.17) is 0 Å². The van der Waals surface area contributed by atoms with E-state index in [1.165, 1.54) is 17.0 Å². The molecule has 8 heteroatoms. The molecule has 1 aliphatic rings. The van der Waals surface area contributed by atoms with Gasteiger partial charge in [-0.2, -0.15) is 0 Å². The van der Waals surface area contributed by atoms with Gasteiger partial charge in [-0.1, -0.05) is 12.1 Å². The SMILES string of the molecule is Cc1ccc(C)c(N2C(=O)c3ccc(C(=O)NCc4nnc(C)n4C)cc3C2=O)c1. The molecule has 8 nitrogen and oxygen atoms in total. The molecule has 1 N–H and O–H groups in total. The molecule has 0 unspecified atom stereocenters. The van der Waals surface area contributed by atoms with Gasteiger partial charge in [0.15, 0.2) is 5.82 Å². The summed E-state index contributed by atoms with van der Waals surface area (Å²) in [7, 11) is 1.82. The fraction of sp³-hybridized carbons (Fsp3) is 0.227. The van der Waals surface area contributed by atoms with Crippen LogP contribution in [-0.2, 0) is 13.6 Å². The van der Waals surface area contributed by atoms with Crippen molar-refractivity contribution in [3.05, 3.63) is 75.9 Å². The molecular weight excluding hydrogens is 382 g/mol. The maximum atomic E-state index is 13.0. The van der Waals surface area contributed by atoms with Crippen molar-refractivity contribution in [3.8, 4) is 0 Å². The summed E-state index contributed by atoms with van der Waals surface area (Å²) in [6, 6.07) is 10.2. The number of anilines is 1. The van der Waals surface area contributed by atoms with Gasteiger partial charge in [0.2, 0.25) is 0 Å². The fourth-order valence-corrected chi connectivity index (χ4v) is 3.43. The van der Waals surface area contributed by atoms with Crippen LogP contribution in [0.3, 0.4) is 0 Å². The van der Waals surface area contributed by atoms with Crippen LogP contribution in [0, 0.1) is 20.8 Å². The highest BCUT2D eigenvalue weighted by Crippen LogP contribution is 2.31. The van der Waals surface area contributed by atoms with Crippen LogP contribution >= 0.6 is 0 Å². The van der Waals surface area contributed by atoms with Crippen molar-refractivity contribution in [1.29, 1.82) is 0 Å². The molecule has 3 amide bonds. The van der Waals surface area contributed by atoms with Crippen molar-refractivity contribution in [1.82, 2.24) is 20.1 Å². The molecule has 4 rings (SSSR count). The van der Waals surface area contributed by atoms with Gasteiger partial charge in [0.1, 0.15) is 5.82 Å². The first-order chi connectivity index (χ1) is 14.3. The van der Waals surface area contributed by atoms with Gasteiger partial charge < -0.3 is 9.88 Å². The Labute approximate surface area is 173 Å². The van der Waals surface area contributed by atoms with Crippen molar-refractivity contribution < 1.29 is 14.4 Å². The van der Waals surface area contributed by atoms with E-state index in [1.54, 1.807) is 10.6 Å². The minimum absolute atomic E-state index is 0.203. The molecule has 0 aliphatic carbocycles. The number of aromatic nitrogens is 3. The number of amides is 3. The first-order valence-electron chi connectivity index (χ1n) is 9.51. The Morgan fingerprint density at radius 3 is 2.40 bits per heavy atom. The average Bonchev–Trinajstić information content (AvgIpc) is 3.18. The lowest BCUT2D eigenvalue weighted by Gasteiger charge is -2.17. The van der Waals surface area contributed by atoms with Crippen LogP contribution in [0.5, 0.6) is 0 Å². The molecule has 0 fully saturated rings. The minimum atomic E-state index is -0.428. The third-order valence-electron chi connectivity index (χ3n) is 5.34. The number of hydrogen-bond acceptors (Lipinski definition) is 5. The third kappa shape index (κ3) is 3.16. The van der Waals surface area contributed by atoms with Crippen LogP contribution in [0.1, 0.15) is 53.8 Å². The molecule has 30 heavy (non-hydrogen) atoms. The molecule has 0 radical (unpaired) electrons. The highest BCUT2D eigenvalue weighted by atomic mass is 16.2. The predicted molar refractivity (Wildman–Crippen MR) is 110 cm³/mol. The van der Waals surface area contributed by atoms with E-state index < -0.39 is 5.91 Å². The number of hydrogen-bond donors (Lipinski definition) is 1. The van der Waals surface area contributed by atoms with Gasteiger partial charge in [-0.05, 0) is 56.2 Å². The first-order valence-corrected chi connectivity index (χ1v) is 9.51. The summed E-state index contributed by atoms with van der Waals surface area (Å²) in [6.45, 7) is 5.78. The lowest BCUT2D eigenvalue weighted by Crippen LogP contribution is -2.30. The smallest absolute Gasteiger partial charge is 0.266 e. The highest BCUT2D eigenvalue weighted by Gasteiger charge is 2.37. The summed E-state index contributed by atoms with van der Waals surface area (Å²) in [4.78, 5) is 39.7. The summed E-state index contributed by atoms with van der Waals surface area (Å²) in [5, 5.41) is 10.7. The van der Waals surface area contributed by atoms with Crippen molar-refractivity contribution in [3.63, 3.8) is 0 Å². The van der Waals surface area contributed by atoms with Crippen LogP contribution < -0.4 is 10.2 Å². The number of nitrogens with zero attached hydrogens (tertiary/aromatic N) is 4. The quantitative estimate of drug-likeness (QED) is 0.675. The lowest BCUT2D eigenvalue weighted by molar-refractivity contribution is 0.0923. The van der Waals surface area contributed by atoms with E-state index in [2.05, 4.69) is 15.5 Å². The van der Waals surface area contributed by atoms with Crippen molar-refractivity contribution in [2.75, 3.05) is 4.90 Å². The van der Waals surface area contributed by atoms with Crippen molar-refractivity contribution in [2.24, 2.45) is 7.05 Å². The molecule has 0 bridgehead atoms. The summed E-state index contributed by atoms with van der Waals surface area (Å²) in [5.74, 6) is 0.193. The molecule has 152 valence electrons. The van der Waals surface area contributed by atoms with Crippen LogP contribution in [-0.4, -0.2) is 32.5 Å². The van der Waals surface area contributed by atoms with Gasteiger partial charge in [0, 0.05) is 12.6 Å². The number of nitrogens with one attached hydrogen (secondary N) is 1. The zero-order chi connectivity index (χ0) is 21.6. The molecule has 2 heterocycles. The molecule has 2 aromatic carbocycles. The Hall–Kier alpha value is -3.81. The second kappa shape index (κ2) is 7.22. The fourth-order valence-electron chi connectivity index (χ4n) is 3.43. The van der Waals surface area contributed by atoms with Crippen molar-refractivity contribution >= 4 is 23.4 Å². The zero-order valence-corrected chi connectivity index (χ0v) is 17.2. The zero-order valence-electron chi connectivity index (χ0n) is 17.2. The van der Waals surface area contributed by atoms with E-state index in [0.717, 1.165) is 17.0 Å². The number of carbonyl (C=O) groups excluding carboxylic acids is 3. The van der Waals surface area contributed by atoms with Gasteiger partial charge in [-0.15, -0.1) is 10.2 Å². The van der Waals surface area contributed by atoms with Crippen LogP contribution in [0.25, 0.3) is 0 Å². The van der Waals surface area contributed by atoms with Crippen LogP contribution in [0.2, 0.25) is 0 Å². The molecule has 0 saturated carbocycles. The second-order valence-corrected chi connectivity index (χ2v) is 7.40. The number of rotatable bonds is 4. The van der Waals surface area contributed by atoms with E-state index in [9.17, 15) is 14.4 Å². The summed E-state index contributed by atoms with van der Waals surface area (Å²) in [6.07, 6.45) is 0. The second-order valence-electron chi connectivity index (χ2n) is 7.40. The highest BCUT2D eigenvalue weighted by molar-refractivity contribution is 6.35. The normalized spacial score (nSPS) is 13.0. The van der Waals surface area contributed by atoms with Gasteiger partial charge in [-0.25, -0.2) is 4.90 Å². The molecule has 1 aliphatic heterocycles. The monoisotopic (exact) mass is 403 g/mol. The predicted octanol–water partition coefficient (Wildman–Crippen LogP) is 2.47. The van der Waals surface area contributed by atoms with E-state index in [-0.39, 0.29) is 23.9 Å². The Bertz CT molecular complexity index is 1210. The van der Waals surface area contributed by atoms with Gasteiger partial charge in [0.05, 0.1) is 23.4 Å². The average molecular weight is 403 g/mol. The van der Waals surface area contributed by atoms with Crippen molar-refractivity contribution in [2.45, 2.75) is 27.3 Å². The molecule has 0 atom stereocenters. The Kier molecular flexibility index (Phi) is 4.69. The molecule has 1 aromatic heterocycles. The molecule has 0 saturated heterocycles. The number of fused-ring (bicyclic) bond motifs is 1. The number of aryl methyl sites for hydroxylation is 3. The minimum Gasteiger partial charge on any atom is -0.345 e. The molecule has 3 aromatic rings. The topological polar surface area (TPSA) is 97.2 Å². The maximum Gasteiger partial charge on any atom is 0.266 e. The molecule has 0 spiro atoms. The summed E-state index contributed by atoms with van der Waals surface area (Å²) in [5.41, 5.74) is 3.16. The summed E-state index contributed by atoms with van der Waals surface area (Å²) >= 11 is 0. The van der Waals surface area contributed by atoms with Gasteiger partial charge >= 0.3 is 0 Å². The Balaban J connectivity index is 1.59. The molecular formula is C22H21N5O3. The Morgan fingerprint density at radius 1 is 0.967 bits per heavy atom. The van der Waals surface area contributed by atoms with Crippen LogP contribution in [0.4, 0.5) is 5.69 Å².